The first-order valence-corrected chi connectivity index (χ1v) is 9.77. The smallest absolute Gasteiger partial charge is 0.225 e. The quantitative estimate of drug-likeness (QED) is 0.741. The van der Waals surface area contributed by atoms with Crippen LogP contribution in [0.1, 0.15) is 37.8 Å². The molecule has 0 saturated carbocycles. The van der Waals surface area contributed by atoms with Crippen molar-refractivity contribution in [2.24, 2.45) is 5.92 Å². The maximum Gasteiger partial charge on any atom is 0.225 e. The molecule has 1 aromatic heterocycles. The van der Waals surface area contributed by atoms with E-state index >= 15 is 0 Å². The monoisotopic (exact) mass is 388 g/mol. The Balaban J connectivity index is 1.70. The maximum atomic E-state index is 12.9. The Bertz CT molecular complexity index is 778. The van der Waals surface area contributed by atoms with Gasteiger partial charge < -0.3 is 14.8 Å². The summed E-state index contributed by atoms with van der Waals surface area (Å²) in [7, 11) is 0. The Morgan fingerprint density at radius 1 is 1.37 bits per heavy atom. The van der Waals surface area contributed by atoms with E-state index < -0.39 is 0 Å². The summed E-state index contributed by atoms with van der Waals surface area (Å²) in [5.41, 5.74) is 0.840. The summed E-state index contributed by atoms with van der Waals surface area (Å²) in [6.45, 7) is 3.88. The number of carbonyl (C=O) groups is 2. The molecule has 0 spiro atoms. The number of hydrogen-bond donors (Lipinski definition) is 1. The van der Waals surface area contributed by atoms with Crippen LogP contribution in [-0.2, 0) is 16.1 Å². The Morgan fingerprint density at radius 3 is 2.89 bits per heavy atom. The van der Waals surface area contributed by atoms with Gasteiger partial charge >= 0.3 is 0 Å². The van der Waals surface area contributed by atoms with E-state index in [0.717, 1.165) is 18.5 Å². The number of imidazole rings is 1. The lowest BCUT2D eigenvalue weighted by atomic mass is 9.83. The van der Waals surface area contributed by atoms with Crippen molar-refractivity contribution in [2.75, 3.05) is 13.1 Å². The van der Waals surface area contributed by atoms with Gasteiger partial charge in [-0.2, -0.15) is 0 Å². The number of hydrogen-bond acceptors (Lipinski definition) is 3. The molecule has 0 bridgehead atoms. The molecular formula is C20H25ClN4O2. The van der Waals surface area contributed by atoms with Crippen LogP contribution in [0.2, 0.25) is 5.02 Å². The van der Waals surface area contributed by atoms with Gasteiger partial charge in [0.15, 0.2) is 0 Å². The normalized spacial score (nSPS) is 19.9. The molecule has 3 rings (SSSR count). The third kappa shape index (κ3) is 4.50. The van der Waals surface area contributed by atoms with Crippen LogP contribution in [0, 0.1) is 5.92 Å². The molecule has 1 aliphatic heterocycles. The molecule has 2 aromatic rings. The number of nitrogens with zero attached hydrogens (tertiary/aromatic N) is 3. The van der Waals surface area contributed by atoms with E-state index in [2.05, 4.69) is 10.3 Å². The van der Waals surface area contributed by atoms with Crippen LogP contribution in [0.5, 0.6) is 0 Å². The molecule has 2 heterocycles. The maximum absolute atomic E-state index is 12.9. The lowest BCUT2D eigenvalue weighted by Gasteiger charge is -2.40. The van der Waals surface area contributed by atoms with Gasteiger partial charge in [0.2, 0.25) is 11.8 Å². The zero-order valence-electron chi connectivity index (χ0n) is 15.5. The van der Waals surface area contributed by atoms with Gasteiger partial charge in [0, 0.05) is 43.5 Å². The van der Waals surface area contributed by atoms with E-state index in [4.69, 9.17) is 11.6 Å². The lowest BCUT2D eigenvalue weighted by Crippen LogP contribution is -2.48. The molecule has 2 amide bonds. The van der Waals surface area contributed by atoms with Crippen LogP contribution in [0.15, 0.2) is 43.0 Å². The van der Waals surface area contributed by atoms with E-state index in [1.54, 1.807) is 17.4 Å². The molecule has 1 fully saturated rings. The Labute approximate surface area is 164 Å². The number of rotatable bonds is 7. The Kier molecular flexibility index (Phi) is 6.50. The minimum atomic E-state index is -0.321. The van der Waals surface area contributed by atoms with Crippen molar-refractivity contribution in [3.63, 3.8) is 0 Å². The van der Waals surface area contributed by atoms with Gasteiger partial charge in [0.05, 0.1) is 18.3 Å². The summed E-state index contributed by atoms with van der Waals surface area (Å²) < 4.78 is 1.98. The van der Waals surface area contributed by atoms with Crippen LogP contribution < -0.4 is 5.32 Å². The standard InChI is InChI=1S/C20H25ClN4O2/c1-2-25-18(26)9-8-16(19(25)15-6-3-4-7-17(15)21)20(27)23-10-5-12-24-13-11-22-14-24/h3-4,6-7,11,13-14,16,19H,2,5,8-10,12H2,1H3,(H,23,27)/t16-,19+/m1/s1. The van der Waals surface area contributed by atoms with E-state index in [1.807, 2.05) is 42.0 Å². The van der Waals surface area contributed by atoms with E-state index in [1.165, 1.54) is 0 Å². The first kappa shape index (κ1) is 19.4. The first-order valence-electron chi connectivity index (χ1n) is 9.39. The molecule has 1 saturated heterocycles. The summed E-state index contributed by atoms with van der Waals surface area (Å²) in [4.78, 5) is 31.1. The number of halogens is 1. The van der Waals surface area contributed by atoms with Crippen LogP contribution in [0.3, 0.4) is 0 Å². The van der Waals surface area contributed by atoms with Gasteiger partial charge in [-0.25, -0.2) is 4.98 Å². The highest BCUT2D eigenvalue weighted by Gasteiger charge is 2.40. The predicted molar refractivity (Wildman–Crippen MR) is 104 cm³/mol. The number of piperidine rings is 1. The molecule has 0 unspecified atom stereocenters. The number of likely N-dealkylation sites (tertiary alicyclic amines) is 1. The van der Waals surface area contributed by atoms with E-state index in [9.17, 15) is 9.59 Å². The second kappa shape index (κ2) is 9.04. The second-order valence-corrected chi connectivity index (χ2v) is 7.14. The third-order valence-electron chi connectivity index (χ3n) is 5.06. The number of nitrogens with one attached hydrogen (secondary N) is 1. The van der Waals surface area contributed by atoms with Gasteiger partial charge in [-0.3, -0.25) is 9.59 Å². The third-order valence-corrected chi connectivity index (χ3v) is 5.40. The summed E-state index contributed by atoms with van der Waals surface area (Å²) in [5, 5.41) is 3.63. The largest absolute Gasteiger partial charge is 0.356 e. The van der Waals surface area contributed by atoms with Crippen molar-refractivity contribution in [3.8, 4) is 0 Å². The van der Waals surface area contributed by atoms with Gasteiger partial charge in [-0.05, 0) is 31.4 Å². The van der Waals surface area contributed by atoms with Crippen molar-refractivity contribution in [2.45, 2.75) is 38.8 Å². The summed E-state index contributed by atoms with van der Waals surface area (Å²) in [6.07, 6.45) is 7.16. The van der Waals surface area contributed by atoms with Gasteiger partial charge in [0.1, 0.15) is 0 Å². The highest BCUT2D eigenvalue weighted by Crippen LogP contribution is 2.39. The molecule has 27 heavy (non-hydrogen) atoms. The summed E-state index contributed by atoms with van der Waals surface area (Å²) in [5.74, 6) is -0.237. The van der Waals surface area contributed by atoms with Crippen LogP contribution in [0.4, 0.5) is 0 Å². The molecule has 6 nitrogen and oxygen atoms in total. The highest BCUT2D eigenvalue weighted by molar-refractivity contribution is 6.31. The van der Waals surface area contributed by atoms with Gasteiger partial charge in [0.25, 0.3) is 0 Å². The topological polar surface area (TPSA) is 67.2 Å². The Morgan fingerprint density at radius 2 is 2.19 bits per heavy atom. The highest BCUT2D eigenvalue weighted by atomic mass is 35.5. The fraction of sp³-hybridized carbons (Fsp3) is 0.450. The summed E-state index contributed by atoms with van der Waals surface area (Å²) >= 11 is 6.40. The predicted octanol–water partition coefficient (Wildman–Crippen LogP) is 3.04. The molecule has 0 aliphatic carbocycles. The molecule has 1 aromatic carbocycles. The van der Waals surface area contributed by atoms with Gasteiger partial charge in [-0.1, -0.05) is 29.8 Å². The number of aryl methyl sites for hydroxylation is 1. The molecule has 0 radical (unpaired) electrons. The van der Waals surface area contributed by atoms with E-state index in [0.29, 0.717) is 31.0 Å². The fourth-order valence-corrected chi connectivity index (χ4v) is 3.97. The molecule has 1 N–H and O–H groups in total. The number of amides is 2. The minimum absolute atomic E-state index is 0.0171. The van der Waals surface area contributed by atoms with Crippen molar-refractivity contribution < 1.29 is 9.59 Å². The van der Waals surface area contributed by atoms with Gasteiger partial charge in [-0.15, -0.1) is 0 Å². The SMILES string of the molecule is CCN1C(=O)CC[C@@H](C(=O)NCCCn2ccnc2)[C@@H]1c1ccccc1Cl. The fourth-order valence-electron chi connectivity index (χ4n) is 3.72. The van der Waals surface area contributed by atoms with Crippen molar-refractivity contribution in [1.82, 2.24) is 19.8 Å². The molecule has 7 heteroatoms. The zero-order chi connectivity index (χ0) is 19.2. The zero-order valence-corrected chi connectivity index (χ0v) is 16.2. The Hall–Kier alpha value is -2.34. The summed E-state index contributed by atoms with van der Waals surface area (Å²) in [6, 6.07) is 7.16. The average Bonchev–Trinajstić information content (AvgIpc) is 3.19. The minimum Gasteiger partial charge on any atom is -0.356 e. The van der Waals surface area contributed by atoms with Crippen molar-refractivity contribution >= 4 is 23.4 Å². The first-order chi connectivity index (χ1) is 13.1. The second-order valence-electron chi connectivity index (χ2n) is 6.74. The van der Waals surface area contributed by atoms with Crippen LogP contribution >= 0.6 is 11.6 Å². The van der Waals surface area contributed by atoms with Crippen LogP contribution in [-0.4, -0.2) is 39.4 Å². The lowest BCUT2D eigenvalue weighted by molar-refractivity contribution is -0.143. The molecular weight excluding hydrogens is 364 g/mol. The van der Waals surface area contributed by atoms with Crippen molar-refractivity contribution in [1.29, 1.82) is 0 Å². The number of aromatic nitrogens is 2. The molecule has 2 atom stereocenters. The van der Waals surface area contributed by atoms with Crippen LogP contribution in [0.25, 0.3) is 0 Å². The van der Waals surface area contributed by atoms with Crippen molar-refractivity contribution in [3.05, 3.63) is 53.6 Å². The number of carbonyl (C=O) groups excluding carboxylic acids is 2. The molecule has 144 valence electrons. The van der Waals surface area contributed by atoms with E-state index in [-0.39, 0.29) is 23.8 Å². The average molecular weight is 389 g/mol. The number of benzene rings is 1. The molecule has 1 aliphatic rings.